The van der Waals surface area contributed by atoms with E-state index in [-0.39, 0.29) is 5.91 Å². The molecule has 0 radical (unpaired) electrons. The van der Waals surface area contributed by atoms with Gasteiger partial charge in [-0.25, -0.2) is 0 Å². The summed E-state index contributed by atoms with van der Waals surface area (Å²) in [7, 11) is 0. The van der Waals surface area contributed by atoms with Crippen molar-refractivity contribution in [2.24, 2.45) is 0 Å². The highest BCUT2D eigenvalue weighted by molar-refractivity contribution is 5.76. The molecule has 104 valence electrons. The van der Waals surface area contributed by atoms with Crippen LogP contribution in [0.5, 0.6) is 0 Å². The van der Waals surface area contributed by atoms with Gasteiger partial charge >= 0.3 is 0 Å². The number of carbonyl (C=O) groups excluding carboxylic acids is 1. The summed E-state index contributed by atoms with van der Waals surface area (Å²) < 4.78 is 0. The van der Waals surface area contributed by atoms with Crippen molar-refractivity contribution in [2.75, 3.05) is 19.6 Å². The summed E-state index contributed by atoms with van der Waals surface area (Å²) in [5, 5.41) is 3.02. The van der Waals surface area contributed by atoms with E-state index in [4.69, 9.17) is 0 Å². The van der Waals surface area contributed by atoms with Crippen LogP contribution in [0.1, 0.15) is 31.7 Å². The lowest BCUT2D eigenvalue weighted by molar-refractivity contribution is -0.122. The minimum Gasteiger partial charge on any atom is -0.356 e. The molecule has 1 atom stereocenters. The zero-order valence-corrected chi connectivity index (χ0v) is 11.8. The van der Waals surface area contributed by atoms with Gasteiger partial charge in [-0.2, -0.15) is 0 Å². The van der Waals surface area contributed by atoms with Gasteiger partial charge in [0.05, 0.1) is 0 Å². The van der Waals surface area contributed by atoms with Crippen molar-refractivity contribution in [2.45, 2.75) is 38.6 Å². The van der Waals surface area contributed by atoms with Crippen LogP contribution < -0.4 is 5.32 Å². The molecule has 1 aliphatic rings. The van der Waals surface area contributed by atoms with Gasteiger partial charge in [0.25, 0.3) is 0 Å². The lowest BCUT2D eigenvalue weighted by atomic mass is 10.1. The van der Waals surface area contributed by atoms with E-state index in [1.165, 1.54) is 18.4 Å². The van der Waals surface area contributed by atoms with Crippen LogP contribution in [-0.4, -0.2) is 36.5 Å². The summed E-state index contributed by atoms with van der Waals surface area (Å²) in [4.78, 5) is 14.3. The molecule has 1 fully saturated rings. The van der Waals surface area contributed by atoms with Gasteiger partial charge in [-0.1, -0.05) is 30.3 Å². The number of carbonyl (C=O) groups is 1. The minimum absolute atomic E-state index is 0.176. The first-order valence-electron chi connectivity index (χ1n) is 7.30. The molecule has 3 heteroatoms. The molecule has 0 aromatic heterocycles. The molecule has 1 aromatic carbocycles. The van der Waals surface area contributed by atoms with Crippen LogP contribution >= 0.6 is 0 Å². The van der Waals surface area contributed by atoms with Gasteiger partial charge in [-0.05, 0) is 44.8 Å². The first-order valence-corrected chi connectivity index (χ1v) is 7.30. The number of amides is 1. The average Bonchev–Trinajstić information content (AvgIpc) is 2.94. The molecule has 1 aromatic rings. The van der Waals surface area contributed by atoms with Crippen molar-refractivity contribution in [3.05, 3.63) is 35.9 Å². The van der Waals surface area contributed by atoms with Gasteiger partial charge in [-0.3, -0.25) is 4.79 Å². The Balaban J connectivity index is 1.64. The van der Waals surface area contributed by atoms with Crippen LogP contribution in [0, 0.1) is 0 Å². The predicted octanol–water partition coefficient (Wildman–Crippen LogP) is 2.22. The Morgan fingerprint density at radius 2 is 1.95 bits per heavy atom. The third-order valence-corrected chi connectivity index (χ3v) is 3.82. The number of nitrogens with zero attached hydrogens (tertiary/aromatic N) is 1. The van der Waals surface area contributed by atoms with E-state index in [2.05, 4.69) is 29.3 Å². The molecule has 19 heavy (non-hydrogen) atoms. The second-order valence-electron chi connectivity index (χ2n) is 5.38. The van der Waals surface area contributed by atoms with Gasteiger partial charge < -0.3 is 10.2 Å². The molecular formula is C16H24N2O. The molecule has 1 saturated heterocycles. The summed E-state index contributed by atoms with van der Waals surface area (Å²) in [5.74, 6) is 0.176. The Labute approximate surface area is 116 Å². The van der Waals surface area contributed by atoms with Crippen molar-refractivity contribution in [1.82, 2.24) is 10.2 Å². The average molecular weight is 260 g/mol. The molecule has 0 saturated carbocycles. The summed E-state index contributed by atoms with van der Waals surface area (Å²) in [6, 6.07) is 10.6. The number of hydrogen-bond donors (Lipinski definition) is 1. The molecule has 1 aliphatic heterocycles. The Bertz CT molecular complexity index is 385. The lowest BCUT2D eigenvalue weighted by Crippen LogP contribution is -2.36. The Hall–Kier alpha value is -1.35. The van der Waals surface area contributed by atoms with Crippen molar-refractivity contribution in [1.29, 1.82) is 0 Å². The highest BCUT2D eigenvalue weighted by Gasteiger charge is 2.19. The maximum atomic E-state index is 11.9. The molecule has 0 aliphatic carbocycles. The van der Waals surface area contributed by atoms with E-state index in [0.29, 0.717) is 12.5 Å². The SMILES string of the molecule is CC(CC(=O)NCCc1ccccc1)N1CCCC1. The maximum Gasteiger partial charge on any atom is 0.221 e. The van der Waals surface area contributed by atoms with Crippen molar-refractivity contribution in [3.8, 4) is 0 Å². The Morgan fingerprint density at radius 1 is 1.26 bits per heavy atom. The number of rotatable bonds is 6. The first kappa shape index (κ1) is 14.1. The monoisotopic (exact) mass is 260 g/mol. The van der Waals surface area contributed by atoms with E-state index < -0.39 is 0 Å². The summed E-state index contributed by atoms with van der Waals surface area (Å²) >= 11 is 0. The van der Waals surface area contributed by atoms with Crippen molar-refractivity contribution < 1.29 is 4.79 Å². The summed E-state index contributed by atoms with van der Waals surface area (Å²) in [6.45, 7) is 5.19. The highest BCUT2D eigenvalue weighted by Crippen LogP contribution is 2.13. The van der Waals surface area contributed by atoms with E-state index >= 15 is 0 Å². The molecule has 1 N–H and O–H groups in total. The van der Waals surface area contributed by atoms with Gasteiger partial charge in [0.15, 0.2) is 0 Å². The fraction of sp³-hybridized carbons (Fsp3) is 0.562. The summed E-state index contributed by atoms with van der Waals surface area (Å²) in [5.41, 5.74) is 1.27. The molecule has 1 unspecified atom stereocenters. The Kier molecular flexibility index (Phi) is 5.40. The number of nitrogens with one attached hydrogen (secondary N) is 1. The fourth-order valence-electron chi connectivity index (χ4n) is 2.64. The first-order chi connectivity index (χ1) is 9.25. The van der Waals surface area contributed by atoms with E-state index in [1.807, 2.05) is 18.2 Å². The van der Waals surface area contributed by atoms with Crippen LogP contribution in [0.3, 0.4) is 0 Å². The normalized spacial score (nSPS) is 17.3. The number of hydrogen-bond acceptors (Lipinski definition) is 2. The van der Waals surface area contributed by atoms with E-state index in [9.17, 15) is 4.79 Å². The van der Waals surface area contributed by atoms with Crippen LogP contribution in [0.15, 0.2) is 30.3 Å². The third kappa shape index (κ3) is 4.67. The van der Waals surface area contributed by atoms with Crippen molar-refractivity contribution >= 4 is 5.91 Å². The predicted molar refractivity (Wildman–Crippen MR) is 78.0 cm³/mol. The zero-order valence-electron chi connectivity index (χ0n) is 11.8. The van der Waals surface area contributed by atoms with Crippen LogP contribution in [0.25, 0.3) is 0 Å². The van der Waals surface area contributed by atoms with Crippen LogP contribution in [-0.2, 0) is 11.2 Å². The number of benzene rings is 1. The zero-order chi connectivity index (χ0) is 13.5. The lowest BCUT2D eigenvalue weighted by Gasteiger charge is -2.23. The van der Waals surface area contributed by atoms with Gasteiger partial charge in [0.2, 0.25) is 5.91 Å². The van der Waals surface area contributed by atoms with E-state index in [0.717, 1.165) is 26.1 Å². The van der Waals surface area contributed by atoms with Crippen LogP contribution in [0.4, 0.5) is 0 Å². The summed E-state index contributed by atoms with van der Waals surface area (Å²) in [6.07, 6.45) is 4.08. The molecule has 0 spiro atoms. The smallest absolute Gasteiger partial charge is 0.221 e. The standard InChI is InChI=1S/C16H24N2O/c1-14(18-11-5-6-12-18)13-16(19)17-10-9-15-7-3-2-4-8-15/h2-4,7-8,14H,5-6,9-13H2,1H3,(H,17,19). The highest BCUT2D eigenvalue weighted by atomic mass is 16.1. The molecule has 1 heterocycles. The molecule has 0 bridgehead atoms. The van der Waals surface area contributed by atoms with Gasteiger partial charge in [-0.15, -0.1) is 0 Å². The second kappa shape index (κ2) is 7.29. The fourth-order valence-corrected chi connectivity index (χ4v) is 2.64. The third-order valence-electron chi connectivity index (χ3n) is 3.82. The molecular weight excluding hydrogens is 236 g/mol. The Morgan fingerprint density at radius 3 is 2.63 bits per heavy atom. The van der Waals surface area contributed by atoms with Crippen LogP contribution in [0.2, 0.25) is 0 Å². The van der Waals surface area contributed by atoms with E-state index in [1.54, 1.807) is 0 Å². The van der Waals surface area contributed by atoms with Gasteiger partial charge in [0, 0.05) is 19.0 Å². The minimum atomic E-state index is 0.176. The van der Waals surface area contributed by atoms with Crippen molar-refractivity contribution in [3.63, 3.8) is 0 Å². The molecule has 3 nitrogen and oxygen atoms in total. The second-order valence-corrected chi connectivity index (χ2v) is 5.38. The largest absolute Gasteiger partial charge is 0.356 e. The quantitative estimate of drug-likeness (QED) is 0.850. The molecule has 1 amide bonds. The maximum absolute atomic E-state index is 11.9. The number of likely N-dealkylation sites (tertiary alicyclic amines) is 1. The molecule has 2 rings (SSSR count). The topological polar surface area (TPSA) is 32.3 Å². The van der Waals surface area contributed by atoms with Gasteiger partial charge in [0.1, 0.15) is 0 Å².